The molecule has 0 aliphatic carbocycles. The number of carboxylic acids is 1. The van der Waals surface area contributed by atoms with Crippen LogP contribution in [-0.4, -0.2) is 46.2 Å². The first-order valence-electron chi connectivity index (χ1n) is 25.0. The normalized spacial score (nSPS) is 12.1. The molecular formula is C55H88O10. The molecule has 0 saturated heterocycles. The van der Waals surface area contributed by atoms with Crippen molar-refractivity contribution >= 4 is 29.8 Å². The molecule has 0 radical (unpaired) electrons. The smallest absolute Gasteiger partial charge is 0.324 e. The number of aliphatic carboxylic acids is 1. The van der Waals surface area contributed by atoms with Gasteiger partial charge in [-0.3, -0.25) is 24.0 Å². The van der Waals surface area contributed by atoms with Crippen LogP contribution in [0.4, 0.5) is 0 Å². The predicted octanol–water partition coefficient (Wildman–Crippen LogP) is 14.2. The lowest BCUT2D eigenvalue weighted by molar-refractivity contribution is -0.187. The molecule has 0 bridgehead atoms. The average molecular weight is 909 g/mol. The van der Waals surface area contributed by atoms with Crippen LogP contribution in [0, 0.1) is 11.3 Å². The number of hydrogen-bond acceptors (Lipinski definition) is 9. The molecule has 1 unspecified atom stereocenters. The zero-order chi connectivity index (χ0) is 48.4. The van der Waals surface area contributed by atoms with Crippen LogP contribution in [0.15, 0.2) is 60.7 Å². The van der Waals surface area contributed by atoms with Crippen LogP contribution in [-0.2, 0) is 56.1 Å². The molecule has 368 valence electrons. The lowest BCUT2D eigenvalue weighted by atomic mass is 9.77. The van der Waals surface area contributed by atoms with Gasteiger partial charge in [0.05, 0.1) is 5.92 Å². The lowest BCUT2D eigenvalue weighted by Gasteiger charge is -2.35. The molecule has 0 amide bonds. The summed E-state index contributed by atoms with van der Waals surface area (Å²) in [5.41, 5.74) is -1.09. The minimum absolute atomic E-state index is 0.109. The van der Waals surface area contributed by atoms with Gasteiger partial charge in [-0.15, -0.1) is 0 Å². The van der Waals surface area contributed by atoms with Crippen molar-refractivity contribution in [2.75, 3.05) is 0 Å². The van der Waals surface area contributed by atoms with Crippen LogP contribution >= 0.6 is 0 Å². The Bertz CT molecular complexity index is 1550. The van der Waals surface area contributed by atoms with Gasteiger partial charge in [0.1, 0.15) is 24.4 Å². The Hall–Kier alpha value is -4.21. The Labute approximate surface area is 393 Å². The molecule has 0 saturated carbocycles. The van der Waals surface area contributed by atoms with Gasteiger partial charge < -0.3 is 24.1 Å². The third-order valence-corrected chi connectivity index (χ3v) is 11.2. The molecule has 2 aromatic carbocycles. The summed E-state index contributed by atoms with van der Waals surface area (Å²) in [4.78, 5) is 62.9. The van der Waals surface area contributed by atoms with E-state index in [2.05, 4.69) is 13.8 Å². The largest absolute Gasteiger partial charge is 0.481 e. The van der Waals surface area contributed by atoms with Crippen LogP contribution in [0.3, 0.4) is 0 Å². The zero-order valence-corrected chi connectivity index (χ0v) is 41.9. The summed E-state index contributed by atoms with van der Waals surface area (Å²) in [5.74, 6) is -2.83. The van der Waals surface area contributed by atoms with Crippen molar-refractivity contribution < 1.29 is 48.0 Å². The maximum atomic E-state index is 13.6. The van der Waals surface area contributed by atoms with Gasteiger partial charge in [0.2, 0.25) is 0 Å². The van der Waals surface area contributed by atoms with Gasteiger partial charge in [-0.25, -0.2) is 0 Å². The molecule has 10 nitrogen and oxygen atoms in total. The van der Waals surface area contributed by atoms with E-state index in [0.717, 1.165) is 43.2 Å². The van der Waals surface area contributed by atoms with Gasteiger partial charge in [0.25, 0.3) is 0 Å². The second-order valence-electron chi connectivity index (χ2n) is 19.6. The third kappa shape index (κ3) is 29.8. The number of carboxylic acid groups (broad SMARTS) is 1. The minimum Gasteiger partial charge on any atom is -0.481 e. The SMILES string of the molecule is CCCCCCCCCCC(CCCC(=O)OCc1ccccc1)(C(=O)OC(C)(C)C)C(=O)OC(C)(C)C.CCCCCCCCCCC(CCCC(=O)OCc1ccccc1)C(=O)O. The van der Waals surface area contributed by atoms with E-state index in [1.807, 2.05) is 60.7 Å². The molecular weight excluding hydrogens is 821 g/mol. The van der Waals surface area contributed by atoms with Gasteiger partial charge in [0, 0.05) is 12.8 Å². The van der Waals surface area contributed by atoms with E-state index in [1.165, 1.54) is 64.2 Å². The van der Waals surface area contributed by atoms with Crippen molar-refractivity contribution in [3.8, 4) is 0 Å². The summed E-state index contributed by atoms with van der Waals surface area (Å²) in [6.07, 6.45) is 21.6. The van der Waals surface area contributed by atoms with Crippen molar-refractivity contribution in [1.29, 1.82) is 0 Å². The first-order valence-corrected chi connectivity index (χ1v) is 25.0. The molecule has 65 heavy (non-hydrogen) atoms. The standard InChI is InChI=1S/C32H52O6.C23H36O4/c1-8-9-10-11-12-13-14-18-23-32(28(34)37-30(2,3)4,29(35)38-31(5,6)7)24-19-22-27(33)36-25-26-20-16-15-17-21-26;1-2-3-4-5-6-7-8-12-16-21(23(25)26)17-13-18-22(24)27-19-20-14-10-9-11-15-20/h15-17,20-21H,8-14,18-19,22-25H2,1-7H3;9-11,14-15,21H,2-8,12-13,16-19H2,1H3,(H,25,26). The van der Waals surface area contributed by atoms with E-state index in [0.29, 0.717) is 38.5 Å². The number of rotatable bonds is 33. The monoisotopic (exact) mass is 909 g/mol. The van der Waals surface area contributed by atoms with Crippen LogP contribution in [0.2, 0.25) is 0 Å². The summed E-state index contributed by atoms with van der Waals surface area (Å²) in [6, 6.07) is 19.1. The van der Waals surface area contributed by atoms with Crippen LogP contribution in [0.25, 0.3) is 0 Å². The maximum Gasteiger partial charge on any atom is 0.324 e. The molecule has 0 aliphatic heterocycles. The second-order valence-corrected chi connectivity index (χ2v) is 19.6. The number of unbranched alkanes of at least 4 members (excludes halogenated alkanes) is 14. The predicted molar refractivity (Wildman–Crippen MR) is 260 cm³/mol. The van der Waals surface area contributed by atoms with Gasteiger partial charge in [0.15, 0.2) is 5.41 Å². The van der Waals surface area contributed by atoms with Crippen molar-refractivity contribution in [2.24, 2.45) is 11.3 Å². The summed E-state index contributed by atoms with van der Waals surface area (Å²) in [5, 5.41) is 9.37. The Morgan fingerprint density at radius 1 is 0.477 bits per heavy atom. The summed E-state index contributed by atoms with van der Waals surface area (Å²) in [7, 11) is 0. The number of carbonyl (C=O) groups excluding carboxylic acids is 4. The molecule has 0 aromatic heterocycles. The first-order chi connectivity index (χ1) is 30.9. The van der Waals surface area contributed by atoms with Crippen molar-refractivity contribution in [2.45, 2.75) is 234 Å². The molecule has 10 heteroatoms. The Kier molecular flexibility index (Phi) is 30.9. The quantitative estimate of drug-likeness (QED) is 0.0318. The van der Waals surface area contributed by atoms with Gasteiger partial charge in [-0.2, -0.15) is 0 Å². The first kappa shape index (κ1) is 58.8. The van der Waals surface area contributed by atoms with E-state index in [-0.39, 0.29) is 50.3 Å². The molecule has 2 rings (SSSR count). The fraction of sp³-hybridized carbons (Fsp3) is 0.691. The van der Waals surface area contributed by atoms with E-state index >= 15 is 0 Å². The summed E-state index contributed by atoms with van der Waals surface area (Å²) < 4.78 is 22.2. The van der Waals surface area contributed by atoms with Gasteiger partial charge in [-0.05, 0) is 91.2 Å². The van der Waals surface area contributed by atoms with E-state index in [1.54, 1.807) is 41.5 Å². The van der Waals surface area contributed by atoms with Crippen molar-refractivity contribution in [1.82, 2.24) is 0 Å². The number of hydrogen-bond donors (Lipinski definition) is 1. The summed E-state index contributed by atoms with van der Waals surface area (Å²) in [6.45, 7) is 15.7. The Morgan fingerprint density at radius 3 is 1.23 bits per heavy atom. The molecule has 1 N–H and O–H groups in total. The Balaban J connectivity index is 0.000000688. The zero-order valence-electron chi connectivity index (χ0n) is 41.9. The van der Waals surface area contributed by atoms with Gasteiger partial charge >= 0.3 is 29.8 Å². The minimum atomic E-state index is -1.46. The molecule has 0 spiro atoms. The van der Waals surface area contributed by atoms with Crippen molar-refractivity contribution in [3.05, 3.63) is 71.8 Å². The van der Waals surface area contributed by atoms with E-state index < -0.39 is 34.5 Å². The lowest BCUT2D eigenvalue weighted by Crippen LogP contribution is -2.47. The Morgan fingerprint density at radius 2 is 0.831 bits per heavy atom. The topological polar surface area (TPSA) is 143 Å². The molecule has 1 atom stereocenters. The highest BCUT2D eigenvalue weighted by atomic mass is 16.6. The highest BCUT2D eigenvalue weighted by molar-refractivity contribution is 6.00. The molecule has 0 heterocycles. The van der Waals surface area contributed by atoms with E-state index in [4.69, 9.17) is 18.9 Å². The number of benzene rings is 2. The van der Waals surface area contributed by atoms with Crippen LogP contribution < -0.4 is 0 Å². The van der Waals surface area contributed by atoms with E-state index in [9.17, 15) is 29.1 Å². The van der Waals surface area contributed by atoms with Gasteiger partial charge in [-0.1, -0.05) is 177 Å². The van der Waals surface area contributed by atoms with Crippen LogP contribution in [0.5, 0.6) is 0 Å². The third-order valence-electron chi connectivity index (χ3n) is 11.2. The average Bonchev–Trinajstić information content (AvgIpc) is 3.25. The fourth-order valence-corrected chi connectivity index (χ4v) is 7.49. The number of carbonyl (C=O) groups is 5. The van der Waals surface area contributed by atoms with Crippen LogP contribution in [0.1, 0.15) is 221 Å². The molecule has 2 aromatic rings. The molecule has 0 aliphatic rings. The number of esters is 4. The highest BCUT2D eigenvalue weighted by Gasteiger charge is 2.50. The fourth-order valence-electron chi connectivity index (χ4n) is 7.49. The number of ether oxygens (including phenoxy) is 4. The summed E-state index contributed by atoms with van der Waals surface area (Å²) >= 11 is 0. The molecule has 0 fully saturated rings. The highest BCUT2D eigenvalue weighted by Crippen LogP contribution is 2.38. The second kappa shape index (κ2) is 34.1. The maximum absolute atomic E-state index is 13.6. The van der Waals surface area contributed by atoms with Crippen molar-refractivity contribution in [3.63, 3.8) is 0 Å².